The van der Waals surface area contributed by atoms with Crippen LogP contribution in [0.25, 0.3) is 11.4 Å². The molecule has 0 radical (unpaired) electrons. The largest absolute Gasteiger partial charge is 0.355 e. The molecule has 1 aromatic heterocycles. The first kappa shape index (κ1) is 17.8. The molecule has 3 aromatic rings. The molecule has 0 aliphatic carbocycles. The third kappa shape index (κ3) is 4.54. The maximum absolute atomic E-state index is 12.5. The van der Waals surface area contributed by atoms with Gasteiger partial charge in [-0.05, 0) is 24.0 Å². The predicted octanol–water partition coefficient (Wildman–Crippen LogP) is 4.00. The fourth-order valence-electron chi connectivity index (χ4n) is 2.93. The molecule has 0 aliphatic rings. The highest BCUT2D eigenvalue weighted by molar-refractivity contribution is 5.83. The molecule has 3 rings (SSSR count). The highest BCUT2D eigenvalue weighted by Gasteiger charge is 2.17. The topological polar surface area (TPSA) is 54.9 Å². The summed E-state index contributed by atoms with van der Waals surface area (Å²) in [6.07, 6.45) is 5.16. The Balaban J connectivity index is 1.53. The summed E-state index contributed by atoms with van der Waals surface area (Å²) >= 11 is 0. The van der Waals surface area contributed by atoms with Crippen LogP contribution >= 0.6 is 0 Å². The summed E-state index contributed by atoms with van der Waals surface area (Å²) in [5.74, 6) is 0.682. The lowest BCUT2D eigenvalue weighted by Crippen LogP contribution is -2.30. The molecule has 1 N–H and O–H groups in total. The standard InChI is InChI=1S/C22H23N3O/c1-2-20(18-9-5-3-6-10-18)22(26)23-14-13-17-15-24-21(25-16-17)19-11-7-4-8-12-19/h3-12,15-16,20H,2,13-14H2,1H3,(H,23,26). The molecule has 4 heteroatoms. The number of carbonyl (C=O) groups is 1. The number of benzene rings is 2. The molecule has 2 aromatic carbocycles. The van der Waals surface area contributed by atoms with Gasteiger partial charge in [-0.2, -0.15) is 0 Å². The van der Waals surface area contributed by atoms with Crippen molar-refractivity contribution in [1.82, 2.24) is 15.3 Å². The molecule has 0 saturated carbocycles. The van der Waals surface area contributed by atoms with Crippen molar-refractivity contribution in [3.05, 3.63) is 84.2 Å². The Bertz CT molecular complexity index is 817. The van der Waals surface area contributed by atoms with E-state index >= 15 is 0 Å². The molecular weight excluding hydrogens is 322 g/mol. The lowest BCUT2D eigenvalue weighted by molar-refractivity contribution is -0.122. The lowest BCUT2D eigenvalue weighted by atomic mass is 9.95. The first-order valence-corrected chi connectivity index (χ1v) is 8.97. The summed E-state index contributed by atoms with van der Waals surface area (Å²) in [6, 6.07) is 19.8. The third-order valence-electron chi connectivity index (χ3n) is 4.38. The molecule has 0 spiro atoms. The average Bonchev–Trinajstić information content (AvgIpc) is 2.71. The smallest absolute Gasteiger partial charge is 0.227 e. The lowest BCUT2D eigenvalue weighted by Gasteiger charge is -2.15. The molecule has 0 fully saturated rings. The molecule has 1 amide bonds. The Morgan fingerprint density at radius 3 is 2.19 bits per heavy atom. The van der Waals surface area contributed by atoms with Crippen molar-refractivity contribution in [3.8, 4) is 11.4 Å². The summed E-state index contributed by atoms with van der Waals surface area (Å²) in [5, 5.41) is 3.03. The Morgan fingerprint density at radius 2 is 1.58 bits per heavy atom. The van der Waals surface area contributed by atoms with Gasteiger partial charge in [0.25, 0.3) is 0 Å². The second-order valence-electron chi connectivity index (χ2n) is 6.19. The highest BCUT2D eigenvalue weighted by Crippen LogP contribution is 2.19. The quantitative estimate of drug-likeness (QED) is 0.704. The van der Waals surface area contributed by atoms with Gasteiger partial charge in [0.05, 0.1) is 5.92 Å². The van der Waals surface area contributed by atoms with Crippen LogP contribution in [0.3, 0.4) is 0 Å². The van der Waals surface area contributed by atoms with E-state index in [9.17, 15) is 4.79 Å². The normalized spacial score (nSPS) is 11.7. The van der Waals surface area contributed by atoms with Gasteiger partial charge in [-0.25, -0.2) is 9.97 Å². The van der Waals surface area contributed by atoms with Gasteiger partial charge in [-0.1, -0.05) is 67.6 Å². The fraction of sp³-hybridized carbons (Fsp3) is 0.227. The molecule has 132 valence electrons. The second kappa shape index (κ2) is 8.90. The van der Waals surface area contributed by atoms with Crippen LogP contribution in [0.15, 0.2) is 73.1 Å². The Hall–Kier alpha value is -3.01. The van der Waals surface area contributed by atoms with E-state index in [0.29, 0.717) is 18.8 Å². The zero-order valence-electron chi connectivity index (χ0n) is 14.9. The monoisotopic (exact) mass is 345 g/mol. The number of nitrogens with zero attached hydrogens (tertiary/aromatic N) is 2. The maximum Gasteiger partial charge on any atom is 0.227 e. The van der Waals surface area contributed by atoms with E-state index in [4.69, 9.17) is 0 Å². The number of hydrogen-bond donors (Lipinski definition) is 1. The minimum Gasteiger partial charge on any atom is -0.355 e. The SMILES string of the molecule is CCC(C(=O)NCCc1cnc(-c2ccccc2)nc1)c1ccccc1. The molecule has 0 aliphatic heterocycles. The van der Waals surface area contributed by atoms with Crippen LogP contribution in [0.1, 0.15) is 30.4 Å². The summed E-state index contributed by atoms with van der Waals surface area (Å²) < 4.78 is 0. The van der Waals surface area contributed by atoms with Gasteiger partial charge in [0.1, 0.15) is 0 Å². The van der Waals surface area contributed by atoms with Crippen molar-refractivity contribution in [3.63, 3.8) is 0 Å². The Kier molecular flexibility index (Phi) is 6.09. The number of aromatic nitrogens is 2. The minimum atomic E-state index is -0.104. The Morgan fingerprint density at radius 1 is 0.962 bits per heavy atom. The molecule has 1 atom stereocenters. The van der Waals surface area contributed by atoms with E-state index in [1.807, 2.05) is 80.0 Å². The van der Waals surface area contributed by atoms with Crippen molar-refractivity contribution in [2.45, 2.75) is 25.7 Å². The van der Waals surface area contributed by atoms with Crippen molar-refractivity contribution in [2.24, 2.45) is 0 Å². The van der Waals surface area contributed by atoms with Crippen LogP contribution in [0, 0.1) is 0 Å². The van der Waals surface area contributed by atoms with Crippen LogP contribution in [0.4, 0.5) is 0 Å². The molecule has 1 unspecified atom stereocenters. The zero-order valence-corrected chi connectivity index (χ0v) is 14.9. The number of hydrogen-bond acceptors (Lipinski definition) is 3. The summed E-state index contributed by atoms with van der Waals surface area (Å²) in [4.78, 5) is 21.3. The van der Waals surface area contributed by atoms with E-state index in [1.54, 1.807) is 0 Å². The van der Waals surface area contributed by atoms with Gasteiger partial charge in [0, 0.05) is 24.5 Å². The average molecular weight is 345 g/mol. The van der Waals surface area contributed by atoms with E-state index < -0.39 is 0 Å². The highest BCUT2D eigenvalue weighted by atomic mass is 16.1. The van der Waals surface area contributed by atoms with E-state index in [-0.39, 0.29) is 11.8 Å². The Labute approximate surface area is 154 Å². The second-order valence-corrected chi connectivity index (χ2v) is 6.19. The number of rotatable bonds is 7. The van der Waals surface area contributed by atoms with Crippen LogP contribution in [0.2, 0.25) is 0 Å². The summed E-state index contributed by atoms with van der Waals surface area (Å²) in [5.41, 5.74) is 3.07. The van der Waals surface area contributed by atoms with E-state index in [2.05, 4.69) is 15.3 Å². The molecule has 26 heavy (non-hydrogen) atoms. The molecular formula is C22H23N3O. The number of amides is 1. The molecule has 0 bridgehead atoms. The van der Waals surface area contributed by atoms with Crippen molar-refractivity contribution in [2.75, 3.05) is 6.54 Å². The van der Waals surface area contributed by atoms with Crippen molar-refractivity contribution >= 4 is 5.91 Å². The zero-order chi connectivity index (χ0) is 18.2. The van der Waals surface area contributed by atoms with Crippen molar-refractivity contribution in [1.29, 1.82) is 0 Å². The van der Waals surface area contributed by atoms with Gasteiger partial charge < -0.3 is 5.32 Å². The first-order chi connectivity index (χ1) is 12.8. The predicted molar refractivity (Wildman–Crippen MR) is 104 cm³/mol. The van der Waals surface area contributed by atoms with Crippen molar-refractivity contribution < 1.29 is 4.79 Å². The molecule has 4 nitrogen and oxygen atoms in total. The fourth-order valence-corrected chi connectivity index (χ4v) is 2.93. The summed E-state index contributed by atoms with van der Waals surface area (Å²) in [7, 11) is 0. The van der Waals surface area contributed by atoms with Crippen LogP contribution in [0.5, 0.6) is 0 Å². The van der Waals surface area contributed by atoms with Gasteiger partial charge in [-0.3, -0.25) is 4.79 Å². The van der Waals surface area contributed by atoms with Crippen LogP contribution < -0.4 is 5.32 Å². The molecule has 0 saturated heterocycles. The van der Waals surface area contributed by atoms with Crippen LogP contribution in [-0.4, -0.2) is 22.4 Å². The van der Waals surface area contributed by atoms with E-state index in [1.165, 1.54) is 0 Å². The number of carbonyl (C=O) groups excluding carboxylic acids is 1. The van der Waals surface area contributed by atoms with Crippen LogP contribution in [-0.2, 0) is 11.2 Å². The third-order valence-corrected chi connectivity index (χ3v) is 4.38. The first-order valence-electron chi connectivity index (χ1n) is 8.97. The summed E-state index contributed by atoms with van der Waals surface area (Å²) in [6.45, 7) is 2.61. The maximum atomic E-state index is 12.5. The van der Waals surface area contributed by atoms with Gasteiger partial charge in [0.15, 0.2) is 5.82 Å². The van der Waals surface area contributed by atoms with Gasteiger partial charge in [0.2, 0.25) is 5.91 Å². The minimum absolute atomic E-state index is 0.0699. The molecule has 1 heterocycles. The van der Waals surface area contributed by atoms with Gasteiger partial charge >= 0.3 is 0 Å². The van der Waals surface area contributed by atoms with E-state index in [0.717, 1.165) is 23.1 Å². The number of nitrogens with one attached hydrogen (secondary N) is 1. The van der Waals surface area contributed by atoms with Gasteiger partial charge in [-0.15, -0.1) is 0 Å².